The number of anilines is 3. The monoisotopic (exact) mass is 477 g/mol. The maximum Gasteiger partial charge on any atom is 0.326 e. The fourth-order valence-corrected chi connectivity index (χ4v) is 4.90. The van der Waals surface area contributed by atoms with Crippen molar-refractivity contribution in [1.29, 1.82) is 0 Å². The molecule has 8 heteroatoms. The largest absolute Gasteiger partial charge is 0.454 e. The Morgan fingerprint density at radius 1 is 0.943 bits per heavy atom. The van der Waals surface area contributed by atoms with E-state index in [9.17, 15) is 19.2 Å². The third kappa shape index (κ3) is 5.53. The quantitative estimate of drug-likeness (QED) is 0.458. The minimum absolute atomic E-state index is 0.168. The summed E-state index contributed by atoms with van der Waals surface area (Å²) in [6, 6.07) is 17.0. The van der Waals surface area contributed by atoms with Gasteiger partial charge in [0.15, 0.2) is 6.61 Å². The van der Waals surface area contributed by atoms with E-state index in [1.807, 2.05) is 68.4 Å². The maximum absolute atomic E-state index is 12.9. The summed E-state index contributed by atoms with van der Waals surface area (Å²) in [5.74, 6) is -2.37. The van der Waals surface area contributed by atoms with Gasteiger partial charge in [-0.1, -0.05) is 31.0 Å². The molecule has 2 fully saturated rings. The van der Waals surface area contributed by atoms with Crippen LogP contribution in [0, 0.1) is 11.8 Å². The van der Waals surface area contributed by atoms with Crippen LogP contribution in [-0.2, 0) is 23.9 Å². The van der Waals surface area contributed by atoms with Crippen LogP contribution in [0.3, 0.4) is 0 Å². The molecule has 184 valence electrons. The van der Waals surface area contributed by atoms with Gasteiger partial charge >= 0.3 is 5.97 Å². The molecule has 0 spiro atoms. The lowest BCUT2D eigenvalue weighted by Gasteiger charge is -2.27. The van der Waals surface area contributed by atoms with Gasteiger partial charge in [0.2, 0.25) is 11.8 Å². The molecular formula is C27H31N3O5. The van der Waals surface area contributed by atoms with Crippen molar-refractivity contribution in [3.63, 3.8) is 0 Å². The third-order valence-electron chi connectivity index (χ3n) is 6.57. The Hall–Kier alpha value is -3.68. The van der Waals surface area contributed by atoms with Crippen LogP contribution < -0.4 is 10.2 Å². The molecule has 1 heterocycles. The number of fused-ring (bicyclic) bond motifs is 1. The summed E-state index contributed by atoms with van der Waals surface area (Å²) in [7, 11) is 0. The average molecular weight is 478 g/mol. The molecule has 3 amide bonds. The molecule has 0 radical (unpaired) electrons. The van der Waals surface area contributed by atoms with Crippen molar-refractivity contribution in [2.24, 2.45) is 11.8 Å². The normalized spacial score (nSPS) is 19.5. The van der Waals surface area contributed by atoms with E-state index >= 15 is 0 Å². The number of amides is 3. The smallest absolute Gasteiger partial charge is 0.326 e. The minimum Gasteiger partial charge on any atom is -0.454 e. The molecule has 0 bridgehead atoms. The average Bonchev–Trinajstić information content (AvgIpc) is 3.09. The highest BCUT2D eigenvalue weighted by Gasteiger charge is 2.48. The number of imide groups is 1. The van der Waals surface area contributed by atoms with Gasteiger partial charge in [-0.25, -0.2) is 0 Å². The van der Waals surface area contributed by atoms with Gasteiger partial charge in [-0.2, -0.15) is 0 Å². The van der Waals surface area contributed by atoms with Gasteiger partial charge in [-0.3, -0.25) is 24.1 Å². The summed E-state index contributed by atoms with van der Waals surface area (Å²) in [6.07, 6.45) is 3.20. The van der Waals surface area contributed by atoms with Crippen LogP contribution in [0.5, 0.6) is 0 Å². The van der Waals surface area contributed by atoms with Crippen LogP contribution in [-0.4, -0.2) is 47.8 Å². The van der Waals surface area contributed by atoms with Crippen LogP contribution in [0.25, 0.3) is 0 Å². The summed E-state index contributed by atoms with van der Waals surface area (Å²) >= 11 is 0. The molecule has 2 aromatic carbocycles. The first-order chi connectivity index (χ1) is 16.8. The number of esters is 1. The van der Waals surface area contributed by atoms with E-state index < -0.39 is 19.1 Å². The van der Waals surface area contributed by atoms with Crippen molar-refractivity contribution in [2.45, 2.75) is 45.6 Å². The highest BCUT2D eigenvalue weighted by Crippen LogP contribution is 2.37. The standard InChI is InChI=1S/C27H31N3O5/c1-18(2)30(21-14-12-20(13-15-21)28-19-8-4-3-5-9-19)24(31)17-35-25(32)16-29-26(33)22-10-6-7-11-23(22)27(29)34/h3-5,8-9,12-15,18,22-23,28H,6-7,10-11,16-17H2,1-2H3. The Kier molecular flexibility index (Phi) is 7.48. The Bertz CT molecular complexity index is 1060. The number of rotatable bonds is 8. The van der Waals surface area contributed by atoms with E-state index in [1.54, 1.807) is 4.90 Å². The number of likely N-dealkylation sites (tertiary alicyclic amines) is 1. The van der Waals surface area contributed by atoms with E-state index in [1.165, 1.54) is 0 Å². The van der Waals surface area contributed by atoms with E-state index in [2.05, 4.69) is 5.32 Å². The summed E-state index contributed by atoms with van der Waals surface area (Å²) in [6.45, 7) is 2.84. The van der Waals surface area contributed by atoms with E-state index in [0.717, 1.165) is 29.1 Å². The Balaban J connectivity index is 1.33. The predicted molar refractivity (Wildman–Crippen MR) is 132 cm³/mol. The summed E-state index contributed by atoms with van der Waals surface area (Å²) in [5, 5.41) is 3.30. The fraction of sp³-hybridized carbons (Fsp3) is 0.407. The number of para-hydroxylation sites is 1. The van der Waals surface area contributed by atoms with Gasteiger partial charge in [-0.15, -0.1) is 0 Å². The third-order valence-corrected chi connectivity index (χ3v) is 6.57. The topological polar surface area (TPSA) is 96.0 Å². The van der Waals surface area contributed by atoms with Gasteiger partial charge in [0.25, 0.3) is 5.91 Å². The Morgan fingerprint density at radius 3 is 2.09 bits per heavy atom. The summed E-state index contributed by atoms with van der Waals surface area (Å²) in [4.78, 5) is 53.0. The van der Waals surface area contributed by atoms with Crippen molar-refractivity contribution in [3.8, 4) is 0 Å². The second-order valence-corrected chi connectivity index (χ2v) is 9.32. The number of benzene rings is 2. The molecule has 2 aromatic rings. The molecule has 4 rings (SSSR count). The molecule has 8 nitrogen and oxygen atoms in total. The van der Waals surface area contributed by atoms with Gasteiger partial charge < -0.3 is 15.0 Å². The first-order valence-electron chi connectivity index (χ1n) is 12.1. The fourth-order valence-electron chi connectivity index (χ4n) is 4.90. The van der Waals surface area contributed by atoms with Crippen LogP contribution in [0.15, 0.2) is 54.6 Å². The lowest BCUT2D eigenvalue weighted by atomic mass is 9.81. The SMILES string of the molecule is CC(C)N(C(=O)COC(=O)CN1C(=O)C2CCCCC2C1=O)c1ccc(Nc2ccccc2)cc1. The van der Waals surface area contributed by atoms with Crippen LogP contribution >= 0.6 is 0 Å². The zero-order valence-electron chi connectivity index (χ0n) is 20.1. The Labute approximate surface area is 205 Å². The molecule has 1 saturated carbocycles. The van der Waals surface area contributed by atoms with Crippen LogP contribution in [0.4, 0.5) is 17.1 Å². The highest BCUT2D eigenvalue weighted by atomic mass is 16.5. The molecule has 1 saturated heterocycles. The molecule has 0 aromatic heterocycles. The van der Waals surface area contributed by atoms with Gasteiger partial charge in [-0.05, 0) is 63.1 Å². The molecule has 2 aliphatic rings. The molecule has 2 atom stereocenters. The zero-order valence-corrected chi connectivity index (χ0v) is 20.1. The lowest BCUT2D eigenvalue weighted by Crippen LogP contribution is -2.41. The first-order valence-corrected chi connectivity index (χ1v) is 12.1. The van der Waals surface area contributed by atoms with E-state index in [0.29, 0.717) is 18.5 Å². The van der Waals surface area contributed by atoms with Crippen molar-refractivity contribution in [3.05, 3.63) is 54.6 Å². The molecule has 2 unspecified atom stereocenters. The van der Waals surface area contributed by atoms with Gasteiger partial charge in [0.05, 0.1) is 11.8 Å². The van der Waals surface area contributed by atoms with Crippen molar-refractivity contribution in [2.75, 3.05) is 23.4 Å². The van der Waals surface area contributed by atoms with Crippen molar-refractivity contribution in [1.82, 2.24) is 4.90 Å². The van der Waals surface area contributed by atoms with Gasteiger partial charge in [0, 0.05) is 23.1 Å². The number of nitrogens with one attached hydrogen (secondary N) is 1. The van der Waals surface area contributed by atoms with Gasteiger partial charge in [0.1, 0.15) is 6.54 Å². The second-order valence-electron chi connectivity index (χ2n) is 9.32. The second kappa shape index (κ2) is 10.7. The van der Waals surface area contributed by atoms with E-state index in [-0.39, 0.29) is 35.6 Å². The van der Waals surface area contributed by atoms with Crippen LogP contribution in [0.1, 0.15) is 39.5 Å². The molecule has 1 N–H and O–H groups in total. The van der Waals surface area contributed by atoms with Crippen LogP contribution in [0.2, 0.25) is 0 Å². The number of carbonyl (C=O) groups is 4. The predicted octanol–water partition coefficient (Wildman–Crippen LogP) is 3.89. The molecule has 35 heavy (non-hydrogen) atoms. The maximum atomic E-state index is 12.9. The number of carbonyl (C=O) groups excluding carboxylic acids is 4. The molecular weight excluding hydrogens is 446 g/mol. The highest BCUT2D eigenvalue weighted by molar-refractivity contribution is 6.07. The zero-order chi connectivity index (χ0) is 24.9. The Morgan fingerprint density at radius 2 is 1.51 bits per heavy atom. The summed E-state index contributed by atoms with van der Waals surface area (Å²) < 4.78 is 5.18. The van der Waals surface area contributed by atoms with Crippen molar-refractivity contribution >= 4 is 40.8 Å². The molecule has 1 aliphatic heterocycles. The summed E-state index contributed by atoms with van der Waals surface area (Å²) in [5.41, 5.74) is 2.51. The lowest BCUT2D eigenvalue weighted by molar-refractivity contribution is -0.154. The number of nitrogens with zero attached hydrogens (tertiary/aromatic N) is 2. The number of ether oxygens (including phenoxy) is 1. The molecule has 1 aliphatic carbocycles. The van der Waals surface area contributed by atoms with Crippen molar-refractivity contribution < 1.29 is 23.9 Å². The minimum atomic E-state index is -0.759. The number of hydrogen-bond acceptors (Lipinski definition) is 6. The van der Waals surface area contributed by atoms with E-state index in [4.69, 9.17) is 4.74 Å². The number of hydrogen-bond donors (Lipinski definition) is 1. The first kappa shape index (κ1) is 24.4.